The van der Waals surface area contributed by atoms with Crippen molar-refractivity contribution in [2.45, 2.75) is 12.0 Å². The predicted octanol–water partition coefficient (Wildman–Crippen LogP) is 4.06. The van der Waals surface area contributed by atoms with Gasteiger partial charge in [0, 0.05) is 23.5 Å². The number of nitrogens with one attached hydrogen (secondary N) is 1. The summed E-state index contributed by atoms with van der Waals surface area (Å²) in [6, 6.07) is 20.2. The Bertz CT molecular complexity index is 1360. The van der Waals surface area contributed by atoms with Crippen molar-refractivity contribution in [3.8, 4) is 23.0 Å². The summed E-state index contributed by atoms with van der Waals surface area (Å²) in [5.74, 6) is 1.87. The number of β-lactam (4-membered cyclic amide) rings is 1. The van der Waals surface area contributed by atoms with Crippen LogP contribution in [-0.2, 0) is 9.59 Å². The summed E-state index contributed by atoms with van der Waals surface area (Å²) >= 11 is 0. The number of rotatable bonds is 5. The third kappa shape index (κ3) is 3.90. The van der Waals surface area contributed by atoms with Gasteiger partial charge in [0.25, 0.3) is 5.91 Å². The molecule has 182 valence electrons. The Balaban J connectivity index is 1.36. The average Bonchev–Trinajstić information content (AvgIpc) is 2.91. The Morgan fingerprint density at radius 2 is 1.44 bits per heavy atom. The van der Waals surface area contributed by atoms with E-state index in [1.54, 1.807) is 42.5 Å². The zero-order chi connectivity index (χ0) is 24.5. The van der Waals surface area contributed by atoms with Crippen LogP contribution in [0, 0.1) is 0 Å². The van der Waals surface area contributed by atoms with E-state index in [4.69, 9.17) is 18.9 Å². The summed E-state index contributed by atoms with van der Waals surface area (Å²) in [6.45, 7) is 1.82. The molecule has 1 saturated heterocycles. The van der Waals surface area contributed by atoms with E-state index >= 15 is 0 Å². The molecule has 8 heteroatoms. The SMILES string of the molecule is O=C1CC(C=Cc2ccccc2)(C(=O)Nc2ccc3c(c2)OCCO3)N1c1ccc2c(c1)OCCO2. The quantitative estimate of drug-likeness (QED) is 0.550. The summed E-state index contributed by atoms with van der Waals surface area (Å²) in [5, 5.41) is 2.98. The van der Waals surface area contributed by atoms with Crippen molar-refractivity contribution in [3.05, 3.63) is 78.4 Å². The lowest BCUT2D eigenvalue weighted by atomic mass is 9.81. The van der Waals surface area contributed by atoms with Crippen molar-refractivity contribution in [3.63, 3.8) is 0 Å². The van der Waals surface area contributed by atoms with Gasteiger partial charge in [0.2, 0.25) is 5.91 Å². The normalized spacial score (nSPS) is 20.1. The van der Waals surface area contributed by atoms with E-state index in [-0.39, 0.29) is 18.2 Å². The van der Waals surface area contributed by atoms with Gasteiger partial charge in [0.05, 0.1) is 6.42 Å². The van der Waals surface area contributed by atoms with Crippen LogP contribution in [0.15, 0.2) is 72.8 Å². The lowest BCUT2D eigenvalue weighted by Gasteiger charge is -2.49. The Morgan fingerprint density at radius 1 is 0.806 bits per heavy atom. The number of hydrogen-bond acceptors (Lipinski definition) is 6. The van der Waals surface area contributed by atoms with E-state index in [1.165, 1.54) is 4.90 Å². The third-order valence-electron chi connectivity index (χ3n) is 6.40. The zero-order valence-electron chi connectivity index (χ0n) is 19.4. The first-order valence-electron chi connectivity index (χ1n) is 11.8. The second-order valence-electron chi connectivity index (χ2n) is 8.71. The van der Waals surface area contributed by atoms with Gasteiger partial charge in [0.1, 0.15) is 26.4 Å². The standard InChI is InChI=1S/C28H24N2O6/c31-26-18-28(11-10-19-4-2-1-3-5-19,30(26)21-7-9-23-25(17-21)36-15-13-34-23)27(32)29-20-6-8-22-24(16-20)35-14-12-33-22/h1-11,16-17H,12-15,18H2,(H,29,32). The van der Waals surface area contributed by atoms with Crippen molar-refractivity contribution < 1.29 is 28.5 Å². The van der Waals surface area contributed by atoms with Crippen LogP contribution in [0.25, 0.3) is 6.08 Å². The van der Waals surface area contributed by atoms with Crippen molar-refractivity contribution >= 4 is 29.3 Å². The molecule has 0 spiro atoms. The van der Waals surface area contributed by atoms with Gasteiger partial charge in [-0.05, 0) is 35.9 Å². The minimum absolute atomic E-state index is 0.0289. The number of anilines is 2. The Morgan fingerprint density at radius 3 is 2.14 bits per heavy atom. The van der Waals surface area contributed by atoms with Gasteiger partial charge in [0.15, 0.2) is 28.5 Å². The molecule has 1 N–H and O–H groups in total. The van der Waals surface area contributed by atoms with E-state index in [2.05, 4.69) is 5.32 Å². The molecule has 0 aliphatic carbocycles. The lowest BCUT2D eigenvalue weighted by Crippen LogP contribution is -2.68. The Labute approximate surface area is 208 Å². The highest BCUT2D eigenvalue weighted by molar-refractivity contribution is 6.18. The molecular weight excluding hydrogens is 460 g/mol. The van der Waals surface area contributed by atoms with Gasteiger partial charge in [-0.3, -0.25) is 14.5 Å². The maximum absolute atomic E-state index is 13.8. The largest absolute Gasteiger partial charge is 0.486 e. The molecule has 3 aromatic carbocycles. The first kappa shape index (κ1) is 22.0. The second kappa shape index (κ2) is 8.96. The maximum atomic E-state index is 13.8. The number of hydrogen-bond donors (Lipinski definition) is 1. The molecule has 3 heterocycles. The molecule has 3 aliphatic rings. The molecule has 1 atom stereocenters. The van der Waals surface area contributed by atoms with Crippen molar-refractivity contribution in [1.82, 2.24) is 0 Å². The summed E-state index contributed by atoms with van der Waals surface area (Å²) < 4.78 is 22.6. The van der Waals surface area contributed by atoms with Gasteiger partial charge in [-0.2, -0.15) is 0 Å². The summed E-state index contributed by atoms with van der Waals surface area (Å²) in [7, 11) is 0. The maximum Gasteiger partial charge on any atom is 0.255 e. The fraction of sp³-hybridized carbons (Fsp3) is 0.214. The second-order valence-corrected chi connectivity index (χ2v) is 8.71. The fourth-order valence-corrected chi connectivity index (χ4v) is 4.62. The number of carbonyl (C=O) groups is 2. The summed E-state index contributed by atoms with van der Waals surface area (Å²) in [5.41, 5.74) is 0.804. The number of fused-ring (bicyclic) bond motifs is 2. The topological polar surface area (TPSA) is 86.3 Å². The summed E-state index contributed by atoms with van der Waals surface area (Å²) in [4.78, 5) is 28.3. The first-order valence-corrected chi connectivity index (χ1v) is 11.8. The van der Waals surface area contributed by atoms with Gasteiger partial charge in [-0.15, -0.1) is 0 Å². The number of amides is 2. The number of ether oxygens (including phenoxy) is 4. The molecule has 0 radical (unpaired) electrons. The highest BCUT2D eigenvalue weighted by atomic mass is 16.6. The highest BCUT2D eigenvalue weighted by Crippen LogP contribution is 2.43. The van der Waals surface area contributed by atoms with E-state index in [1.807, 2.05) is 36.4 Å². The molecule has 0 aromatic heterocycles. The molecule has 36 heavy (non-hydrogen) atoms. The van der Waals surface area contributed by atoms with Gasteiger partial charge in [-0.25, -0.2) is 0 Å². The number of benzene rings is 3. The van der Waals surface area contributed by atoms with E-state index in [9.17, 15) is 9.59 Å². The molecule has 0 bridgehead atoms. The molecule has 1 unspecified atom stereocenters. The van der Waals surface area contributed by atoms with Crippen LogP contribution in [0.4, 0.5) is 11.4 Å². The van der Waals surface area contributed by atoms with Crippen LogP contribution >= 0.6 is 0 Å². The molecule has 2 amide bonds. The molecule has 3 aromatic rings. The number of carbonyl (C=O) groups excluding carboxylic acids is 2. The molecule has 1 fully saturated rings. The monoisotopic (exact) mass is 484 g/mol. The Kier molecular flexibility index (Phi) is 5.48. The van der Waals surface area contributed by atoms with Crippen LogP contribution < -0.4 is 29.2 Å². The fourth-order valence-electron chi connectivity index (χ4n) is 4.62. The van der Waals surface area contributed by atoms with Gasteiger partial charge >= 0.3 is 0 Å². The third-order valence-corrected chi connectivity index (χ3v) is 6.40. The van der Waals surface area contributed by atoms with Crippen LogP contribution in [0.5, 0.6) is 23.0 Å². The predicted molar refractivity (Wildman–Crippen MR) is 134 cm³/mol. The zero-order valence-corrected chi connectivity index (χ0v) is 19.4. The van der Waals surface area contributed by atoms with Crippen molar-refractivity contribution in [1.29, 1.82) is 0 Å². The van der Waals surface area contributed by atoms with Crippen LogP contribution in [0.1, 0.15) is 12.0 Å². The van der Waals surface area contributed by atoms with Crippen LogP contribution in [0.3, 0.4) is 0 Å². The minimum atomic E-state index is -1.23. The molecule has 6 rings (SSSR count). The van der Waals surface area contributed by atoms with E-state index in [0.717, 1.165) is 5.56 Å². The van der Waals surface area contributed by atoms with Gasteiger partial charge in [-0.1, -0.05) is 36.4 Å². The Hall–Kier alpha value is -4.46. The average molecular weight is 485 g/mol. The first-order chi connectivity index (χ1) is 17.6. The van der Waals surface area contributed by atoms with Crippen LogP contribution in [0.2, 0.25) is 0 Å². The summed E-state index contributed by atoms with van der Waals surface area (Å²) in [6.07, 6.45) is 3.68. The van der Waals surface area contributed by atoms with Crippen molar-refractivity contribution in [2.75, 3.05) is 36.6 Å². The van der Waals surface area contributed by atoms with Gasteiger partial charge < -0.3 is 24.3 Å². The minimum Gasteiger partial charge on any atom is -0.486 e. The number of nitrogens with zero attached hydrogens (tertiary/aromatic N) is 1. The van der Waals surface area contributed by atoms with E-state index < -0.39 is 5.54 Å². The van der Waals surface area contributed by atoms with E-state index in [0.29, 0.717) is 60.8 Å². The smallest absolute Gasteiger partial charge is 0.255 e. The highest BCUT2D eigenvalue weighted by Gasteiger charge is 2.56. The molecule has 8 nitrogen and oxygen atoms in total. The molecular formula is C28H24N2O6. The molecule has 0 saturated carbocycles. The van der Waals surface area contributed by atoms with Crippen molar-refractivity contribution in [2.24, 2.45) is 0 Å². The lowest BCUT2D eigenvalue weighted by molar-refractivity contribution is -0.134. The molecule has 3 aliphatic heterocycles. The van der Waals surface area contributed by atoms with Crippen LogP contribution in [-0.4, -0.2) is 43.8 Å².